The Morgan fingerprint density at radius 3 is 2.56 bits per heavy atom. The van der Waals surface area contributed by atoms with Gasteiger partial charge in [-0.1, -0.05) is 65.5 Å². The van der Waals surface area contributed by atoms with Crippen LogP contribution < -0.4 is 0 Å². The van der Waals surface area contributed by atoms with Crippen molar-refractivity contribution < 1.29 is 0 Å². The van der Waals surface area contributed by atoms with E-state index in [4.69, 9.17) is 0 Å². The number of hydrogen-bond acceptors (Lipinski definition) is 0. The van der Waals surface area contributed by atoms with Crippen LogP contribution in [0.5, 0.6) is 0 Å². The monoisotopic (exact) mass is 370 g/mol. The highest BCUT2D eigenvalue weighted by atomic mass is 14.6. The molecule has 0 saturated heterocycles. The van der Waals surface area contributed by atoms with Gasteiger partial charge in [0.1, 0.15) is 0 Å². The lowest BCUT2D eigenvalue weighted by Crippen LogP contribution is -2.50. The summed E-state index contributed by atoms with van der Waals surface area (Å²) in [5.41, 5.74) is 3.10. The molecule has 0 aromatic heterocycles. The van der Waals surface area contributed by atoms with Crippen molar-refractivity contribution >= 4 is 0 Å². The summed E-state index contributed by atoms with van der Waals surface area (Å²) >= 11 is 0. The van der Waals surface area contributed by atoms with Crippen LogP contribution in [0.15, 0.2) is 11.6 Å². The predicted molar refractivity (Wildman–Crippen MR) is 118 cm³/mol. The minimum atomic E-state index is 0.573. The molecule has 0 N–H and O–H groups in total. The molecule has 0 spiro atoms. The van der Waals surface area contributed by atoms with Crippen molar-refractivity contribution in [1.29, 1.82) is 0 Å². The Kier molecular flexibility index (Phi) is 5.59. The molecule has 3 saturated carbocycles. The van der Waals surface area contributed by atoms with E-state index in [-0.39, 0.29) is 0 Å². The molecule has 0 radical (unpaired) electrons. The largest absolute Gasteiger partial charge is 0.0848 e. The zero-order chi connectivity index (χ0) is 19.2. The van der Waals surface area contributed by atoms with Gasteiger partial charge >= 0.3 is 0 Å². The second-order valence-corrected chi connectivity index (χ2v) is 12.0. The van der Waals surface area contributed by atoms with Gasteiger partial charge in [-0.15, -0.1) is 0 Å². The first-order valence-electron chi connectivity index (χ1n) is 12.6. The van der Waals surface area contributed by atoms with E-state index in [1.54, 1.807) is 6.42 Å². The molecular formula is C27H46. The normalized spacial score (nSPS) is 45.0. The maximum atomic E-state index is 2.74. The highest BCUT2D eigenvalue weighted by Gasteiger charge is 2.59. The number of hydrogen-bond donors (Lipinski definition) is 0. The molecule has 0 bridgehead atoms. The lowest BCUT2D eigenvalue weighted by Gasteiger charge is -2.58. The molecule has 4 rings (SSSR count). The van der Waals surface area contributed by atoms with Gasteiger partial charge in [0, 0.05) is 0 Å². The molecule has 1 unspecified atom stereocenters. The third-order valence-electron chi connectivity index (χ3n) is 10.2. The molecular weight excluding hydrogens is 324 g/mol. The first-order valence-corrected chi connectivity index (χ1v) is 12.6. The summed E-state index contributed by atoms with van der Waals surface area (Å²) < 4.78 is 0. The van der Waals surface area contributed by atoms with E-state index in [1.807, 2.05) is 5.57 Å². The van der Waals surface area contributed by atoms with Crippen molar-refractivity contribution in [2.75, 3.05) is 0 Å². The molecule has 27 heavy (non-hydrogen) atoms. The molecule has 154 valence electrons. The third-order valence-corrected chi connectivity index (χ3v) is 10.2. The molecule has 4 aliphatic carbocycles. The van der Waals surface area contributed by atoms with Crippen LogP contribution >= 0.6 is 0 Å². The maximum absolute atomic E-state index is 2.74. The van der Waals surface area contributed by atoms with Crippen molar-refractivity contribution in [2.45, 2.75) is 112 Å². The van der Waals surface area contributed by atoms with Crippen LogP contribution in [0.25, 0.3) is 0 Å². The fourth-order valence-electron chi connectivity index (χ4n) is 8.78. The fraction of sp³-hybridized carbons (Fsp3) is 0.926. The summed E-state index contributed by atoms with van der Waals surface area (Å²) in [6.45, 7) is 12.8. The highest BCUT2D eigenvalue weighted by Crippen LogP contribution is 2.67. The van der Waals surface area contributed by atoms with Crippen molar-refractivity contribution in [3.8, 4) is 0 Å². The lowest BCUT2D eigenvalue weighted by atomic mass is 9.46. The van der Waals surface area contributed by atoms with Gasteiger partial charge < -0.3 is 0 Å². The molecule has 0 amide bonds. The van der Waals surface area contributed by atoms with Crippen LogP contribution in [0.4, 0.5) is 0 Å². The average Bonchev–Trinajstić information content (AvgIpc) is 2.98. The highest BCUT2D eigenvalue weighted by molar-refractivity contribution is 5.23. The van der Waals surface area contributed by atoms with Crippen LogP contribution in [-0.4, -0.2) is 0 Å². The second-order valence-electron chi connectivity index (χ2n) is 12.0. The van der Waals surface area contributed by atoms with Gasteiger partial charge in [-0.05, 0) is 104 Å². The SMILES string of the molecule is CC(C)CCCC(C)[C@H]1CC[C@H]2[C@@H]3CCC4=CCCC[C@]4(C)[C@H]3CC[C@]12C. The summed E-state index contributed by atoms with van der Waals surface area (Å²) in [5, 5.41) is 0. The van der Waals surface area contributed by atoms with Gasteiger partial charge in [0.25, 0.3) is 0 Å². The van der Waals surface area contributed by atoms with E-state index in [0.717, 1.165) is 35.5 Å². The molecule has 0 heteroatoms. The van der Waals surface area contributed by atoms with E-state index < -0.39 is 0 Å². The van der Waals surface area contributed by atoms with Gasteiger partial charge in [-0.2, -0.15) is 0 Å². The molecule has 4 aliphatic rings. The number of rotatable bonds is 5. The Morgan fingerprint density at radius 1 is 0.963 bits per heavy atom. The van der Waals surface area contributed by atoms with Gasteiger partial charge in [-0.25, -0.2) is 0 Å². The summed E-state index contributed by atoms with van der Waals surface area (Å²) in [5.74, 6) is 5.91. The van der Waals surface area contributed by atoms with E-state index in [0.29, 0.717) is 10.8 Å². The fourth-order valence-corrected chi connectivity index (χ4v) is 8.78. The summed E-state index contributed by atoms with van der Waals surface area (Å²) in [6, 6.07) is 0. The summed E-state index contributed by atoms with van der Waals surface area (Å²) in [4.78, 5) is 0. The van der Waals surface area contributed by atoms with Crippen LogP contribution in [0.3, 0.4) is 0 Å². The molecule has 0 nitrogen and oxygen atoms in total. The smallest absolute Gasteiger partial charge is 0.00853 e. The molecule has 0 aliphatic heterocycles. The molecule has 0 aromatic carbocycles. The lowest BCUT2D eigenvalue weighted by molar-refractivity contribution is -0.0592. The maximum Gasteiger partial charge on any atom is -0.00853 e. The van der Waals surface area contributed by atoms with Crippen molar-refractivity contribution in [3.05, 3.63) is 11.6 Å². The van der Waals surface area contributed by atoms with Crippen molar-refractivity contribution in [1.82, 2.24) is 0 Å². The Hall–Kier alpha value is -0.260. The second kappa shape index (κ2) is 7.53. The molecule has 7 atom stereocenters. The van der Waals surface area contributed by atoms with Gasteiger partial charge in [0.15, 0.2) is 0 Å². The molecule has 3 fully saturated rings. The Balaban J connectivity index is 1.48. The van der Waals surface area contributed by atoms with Crippen LogP contribution in [0.1, 0.15) is 112 Å². The summed E-state index contributed by atoms with van der Waals surface area (Å²) in [7, 11) is 0. The van der Waals surface area contributed by atoms with Crippen LogP contribution in [0, 0.1) is 46.3 Å². The van der Waals surface area contributed by atoms with Gasteiger partial charge in [0.05, 0.1) is 0 Å². The van der Waals surface area contributed by atoms with E-state index in [2.05, 4.69) is 40.7 Å². The number of fused-ring (bicyclic) bond motifs is 5. The topological polar surface area (TPSA) is 0 Å². The standard InChI is InChI=1S/C27H46/c1-19(2)9-8-10-20(3)23-14-15-24-22-13-12-21-11-6-7-17-26(21,4)25(22)16-18-27(23,24)5/h11,19-20,22-25H,6-10,12-18H2,1-5H3/t20?,22-,23+,24-,25-,26-,27+/m0/s1. The third kappa shape index (κ3) is 3.36. The minimum absolute atomic E-state index is 0.573. The molecule has 0 aromatic rings. The van der Waals surface area contributed by atoms with Crippen LogP contribution in [-0.2, 0) is 0 Å². The van der Waals surface area contributed by atoms with Gasteiger partial charge in [0.2, 0.25) is 0 Å². The number of allylic oxidation sites excluding steroid dienone is 2. The van der Waals surface area contributed by atoms with Gasteiger partial charge in [-0.3, -0.25) is 0 Å². The molecule has 0 heterocycles. The zero-order valence-corrected chi connectivity index (χ0v) is 19.0. The quantitative estimate of drug-likeness (QED) is 0.426. The van der Waals surface area contributed by atoms with Crippen molar-refractivity contribution in [2.24, 2.45) is 46.3 Å². The van der Waals surface area contributed by atoms with Crippen LogP contribution in [0.2, 0.25) is 0 Å². The first kappa shape index (κ1) is 20.0. The Bertz CT molecular complexity index is 556. The first-order chi connectivity index (χ1) is 12.9. The van der Waals surface area contributed by atoms with E-state index in [9.17, 15) is 0 Å². The Labute approximate surface area is 170 Å². The van der Waals surface area contributed by atoms with E-state index in [1.165, 1.54) is 70.6 Å². The zero-order valence-electron chi connectivity index (χ0n) is 19.0. The van der Waals surface area contributed by atoms with E-state index >= 15 is 0 Å². The minimum Gasteiger partial charge on any atom is -0.0848 e. The summed E-state index contributed by atoms with van der Waals surface area (Å²) in [6.07, 6.45) is 20.4. The van der Waals surface area contributed by atoms with Crippen molar-refractivity contribution in [3.63, 3.8) is 0 Å². The Morgan fingerprint density at radius 2 is 1.78 bits per heavy atom. The average molecular weight is 371 g/mol. The predicted octanol–water partition coefficient (Wildman–Crippen LogP) is 8.42.